The molecule has 0 aliphatic carbocycles. The van der Waals surface area contributed by atoms with Gasteiger partial charge in [0.05, 0.1) is 22.9 Å². The van der Waals surface area contributed by atoms with Crippen LogP contribution in [0.25, 0.3) is 10.8 Å². The zero-order valence-corrected chi connectivity index (χ0v) is 16.2. The Labute approximate surface area is 162 Å². The summed E-state index contributed by atoms with van der Waals surface area (Å²) in [5.41, 5.74) is 1.09. The van der Waals surface area contributed by atoms with Crippen LogP contribution in [0.2, 0.25) is 5.02 Å². The molecule has 0 spiro atoms. The highest BCUT2D eigenvalue weighted by atomic mass is 35.5. The first kappa shape index (κ1) is 18.5. The van der Waals surface area contributed by atoms with Crippen molar-refractivity contribution in [1.29, 1.82) is 0 Å². The van der Waals surface area contributed by atoms with Gasteiger partial charge in [-0.3, -0.25) is 4.79 Å². The minimum Gasteiger partial charge on any atom is -0.497 e. The van der Waals surface area contributed by atoms with Crippen molar-refractivity contribution in [1.82, 2.24) is 9.88 Å². The van der Waals surface area contributed by atoms with E-state index in [-0.39, 0.29) is 5.91 Å². The Morgan fingerprint density at radius 3 is 2.65 bits per heavy atom. The fraction of sp³-hybridized carbons (Fsp3) is 0.200. The van der Waals surface area contributed by atoms with Crippen molar-refractivity contribution < 1.29 is 9.53 Å². The van der Waals surface area contributed by atoms with Gasteiger partial charge in [-0.2, -0.15) is 0 Å². The molecule has 3 rings (SSSR count). The molecule has 134 valence electrons. The second-order valence-corrected chi connectivity index (χ2v) is 7.33. The number of hydrogen-bond acceptors (Lipinski definition) is 4. The number of ether oxygens (including phenoxy) is 1. The van der Waals surface area contributed by atoms with Crippen LogP contribution in [0.4, 0.5) is 0 Å². The van der Waals surface area contributed by atoms with Crippen molar-refractivity contribution in [2.75, 3.05) is 19.9 Å². The molecule has 3 aromatic rings. The lowest BCUT2D eigenvalue weighted by Gasteiger charge is -2.17. The number of rotatable bonds is 6. The van der Waals surface area contributed by atoms with Gasteiger partial charge in [0.2, 0.25) is 5.91 Å². The first-order valence-electron chi connectivity index (χ1n) is 8.10. The number of thioether (sulfide) groups is 1. The van der Waals surface area contributed by atoms with Crippen LogP contribution < -0.4 is 4.74 Å². The maximum Gasteiger partial charge on any atom is 0.233 e. The molecule has 1 amide bonds. The molecule has 0 N–H and O–H groups in total. The highest BCUT2D eigenvalue weighted by molar-refractivity contribution is 7.99. The lowest BCUT2D eigenvalue weighted by atomic mass is 10.1. The van der Waals surface area contributed by atoms with Crippen molar-refractivity contribution in [2.24, 2.45) is 0 Å². The Hall–Kier alpha value is -2.24. The molecule has 0 atom stereocenters. The second kappa shape index (κ2) is 8.43. The number of aromatic nitrogens is 1. The van der Waals surface area contributed by atoms with Crippen LogP contribution in [-0.4, -0.2) is 35.7 Å². The second-order valence-electron chi connectivity index (χ2n) is 5.90. The van der Waals surface area contributed by atoms with Crippen LogP contribution in [0.15, 0.2) is 59.8 Å². The van der Waals surface area contributed by atoms with E-state index in [0.717, 1.165) is 27.1 Å². The van der Waals surface area contributed by atoms with Gasteiger partial charge in [-0.05, 0) is 46.7 Å². The van der Waals surface area contributed by atoms with Crippen molar-refractivity contribution in [3.63, 3.8) is 0 Å². The van der Waals surface area contributed by atoms with E-state index >= 15 is 0 Å². The SMILES string of the molecule is COc1ccc2cc(CN(C)C(=O)CSc3ccc(Cl)cn3)ccc2c1. The number of methoxy groups -OCH3 is 1. The predicted octanol–water partition coefficient (Wildman–Crippen LogP) is 4.65. The molecule has 26 heavy (non-hydrogen) atoms. The van der Waals surface area contributed by atoms with E-state index in [1.165, 1.54) is 11.8 Å². The Morgan fingerprint density at radius 2 is 1.92 bits per heavy atom. The summed E-state index contributed by atoms with van der Waals surface area (Å²) in [6.45, 7) is 0.565. The molecule has 2 aromatic carbocycles. The highest BCUT2D eigenvalue weighted by Crippen LogP contribution is 2.23. The highest BCUT2D eigenvalue weighted by Gasteiger charge is 2.11. The number of benzene rings is 2. The molecule has 1 aromatic heterocycles. The molecule has 0 unspecified atom stereocenters. The topological polar surface area (TPSA) is 42.4 Å². The molecule has 1 heterocycles. The van der Waals surface area contributed by atoms with Crippen molar-refractivity contribution in [3.8, 4) is 5.75 Å². The average Bonchev–Trinajstić information content (AvgIpc) is 2.66. The Kier molecular flexibility index (Phi) is 6.01. The molecule has 0 aliphatic heterocycles. The van der Waals surface area contributed by atoms with E-state index in [1.54, 1.807) is 24.3 Å². The summed E-state index contributed by atoms with van der Waals surface area (Å²) in [4.78, 5) is 18.3. The third-order valence-corrected chi connectivity index (χ3v) is 5.15. The van der Waals surface area contributed by atoms with Gasteiger partial charge in [-0.15, -0.1) is 0 Å². The number of pyridine rings is 1. The van der Waals surface area contributed by atoms with Crippen molar-refractivity contribution in [3.05, 3.63) is 65.3 Å². The Morgan fingerprint density at radius 1 is 1.15 bits per heavy atom. The van der Waals surface area contributed by atoms with Crippen molar-refractivity contribution >= 4 is 40.0 Å². The maximum absolute atomic E-state index is 12.4. The van der Waals surface area contributed by atoms with Crippen molar-refractivity contribution in [2.45, 2.75) is 11.6 Å². The summed E-state index contributed by atoms with van der Waals surface area (Å²) in [6.07, 6.45) is 1.59. The first-order valence-corrected chi connectivity index (χ1v) is 9.46. The number of hydrogen-bond donors (Lipinski definition) is 0. The van der Waals surface area contributed by atoms with Gasteiger partial charge in [0.15, 0.2) is 0 Å². The van der Waals surface area contributed by atoms with Crippen LogP contribution in [-0.2, 0) is 11.3 Å². The normalized spacial score (nSPS) is 10.7. The molecule has 0 fully saturated rings. The smallest absolute Gasteiger partial charge is 0.233 e. The molecule has 4 nitrogen and oxygen atoms in total. The summed E-state index contributed by atoms with van der Waals surface area (Å²) in [5.74, 6) is 1.24. The Bertz CT molecular complexity index is 915. The third-order valence-electron chi connectivity index (χ3n) is 4.00. The van der Waals surface area contributed by atoms with Gasteiger partial charge in [-0.1, -0.05) is 41.6 Å². The maximum atomic E-state index is 12.4. The van der Waals surface area contributed by atoms with Crippen LogP contribution in [0.3, 0.4) is 0 Å². The van der Waals surface area contributed by atoms with Crippen LogP contribution >= 0.6 is 23.4 Å². The van der Waals surface area contributed by atoms with Gasteiger partial charge in [0, 0.05) is 19.8 Å². The number of carbonyl (C=O) groups excluding carboxylic acids is 1. The number of fused-ring (bicyclic) bond motifs is 1. The fourth-order valence-electron chi connectivity index (χ4n) is 2.55. The monoisotopic (exact) mass is 386 g/mol. The largest absolute Gasteiger partial charge is 0.497 e. The first-order chi connectivity index (χ1) is 12.5. The summed E-state index contributed by atoms with van der Waals surface area (Å²) in [6, 6.07) is 15.8. The van der Waals surface area contributed by atoms with E-state index in [4.69, 9.17) is 16.3 Å². The van der Waals surface area contributed by atoms with Gasteiger partial charge in [-0.25, -0.2) is 4.98 Å². The average molecular weight is 387 g/mol. The molecule has 6 heteroatoms. The zero-order chi connectivity index (χ0) is 18.5. The quantitative estimate of drug-likeness (QED) is 0.578. The lowest BCUT2D eigenvalue weighted by Crippen LogP contribution is -2.27. The minimum atomic E-state index is 0.0570. The number of halogens is 1. The van der Waals surface area contributed by atoms with E-state index in [9.17, 15) is 4.79 Å². The number of nitrogens with zero attached hydrogens (tertiary/aromatic N) is 2. The van der Waals surface area contributed by atoms with Gasteiger partial charge < -0.3 is 9.64 Å². The van der Waals surface area contributed by atoms with Gasteiger partial charge >= 0.3 is 0 Å². The summed E-state index contributed by atoms with van der Waals surface area (Å²) in [5, 5.41) is 3.62. The number of amides is 1. The minimum absolute atomic E-state index is 0.0570. The molecule has 0 saturated carbocycles. The zero-order valence-electron chi connectivity index (χ0n) is 14.6. The fourth-order valence-corrected chi connectivity index (χ4v) is 3.45. The van der Waals surface area contributed by atoms with Crippen LogP contribution in [0.1, 0.15) is 5.56 Å². The number of carbonyl (C=O) groups is 1. The molecular formula is C20H19ClN2O2S. The molecule has 0 aliphatic rings. The van der Waals surface area contributed by atoms with Gasteiger partial charge in [0.25, 0.3) is 0 Å². The third kappa shape index (κ3) is 4.68. The summed E-state index contributed by atoms with van der Waals surface area (Å²) in [7, 11) is 3.48. The summed E-state index contributed by atoms with van der Waals surface area (Å²) < 4.78 is 5.25. The van der Waals surface area contributed by atoms with Gasteiger partial charge in [0.1, 0.15) is 5.75 Å². The molecule has 0 saturated heterocycles. The molecule has 0 bridgehead atoms. The predicted molar refractivity (Wildman–Crippen MR) is 107 cm³/mol. The molecule has 0 radical (unpaired) electrons. The standard InChI is InChI=1S/C20H19ClN2O2S/c1-23(20(24)13-26-19-8-6-17(21)11-22-19)12-14-3-4-16-10-18(25-2)7-5-15(16)9-14/h3-11H,12-13H2,1-2H3. The van der Waals surface area contributed by atoms with E-state index in [2.05, 4.69) is 17.1 Å². The van der Waals surface area contributed by atoms with E-state index < -0.39 is 0 Å². The van der Waals surface area contributed by atoms with Crippen LogP contribution in [0.5, 0.6) is 5.75 Å². The summed E-state index contributed by atoms with van der Waals surface area (Å²) >= 11 is 7.23. The molecular weight excluding hydrogens is 368 g/mol. The Balaban J connectivity index is 1.61. The lowest BCUT2D eigenvalue weighted by molar-refractivity contribution is -0.127. The van der Waals surface area contributed by atoms with E-state index in [0.29, 0.717) is 17.3 Å². The van der Waals surface area contributed by atoms with Crippen LogP contribution in [0, 0.1) is 0 Å². The van der Waals surface area contributed by atoms with E-state index in [1.807, 2.05) is 37.4 Å².